The Morgan fingerprint density at radius 2 is 1.76 bits per heavy atom. The summed E-state index contributed by atoms with van der Waals surface area (Å²) >= 11 is 1.59. The monoisotopic (exact) mass is 316 g/mol. The topological polar surface area (TPSA) is 99.4 Å². The van der Waals surface area contributed by atoms with E-state index in [4.69, 9.17) is 14.6 Å². The van der Waals surface area contributed by atoms with Crippen LogP contribution in [0.3, 0.4) is 0 Å². The quantitative estimate of drug-likeness (QED) is 0.418. The first kappa shape index (κ1) is 16.7. The largest absolute Gasteiger partial charge is 0.394 e. The van der Waals surface area contributed by atoms with Crippen LogP contribution in [-0.4, -0.2) is 70.1 Å². The molecule has 1 aliphatic rings. The maximum absolute atomic E-state index is 9.79. The fourth-order valence-electron chi connectivity index (χ4n) is 2.05. The second-order valence-electron chi connectivity index (χ2n) is 4.73. The van der Waals surface area contributed by atoms with Crippen molar-refractivity contribution in [2.45, 2.75) is 35.6 Å². The number of ether oxygens (including phenoxy) is 2. The molecule has 21 heavy (non-hydrogen) atoms. The molecule has 0 amide bonds. The lowest BCUT2D eigenvalue weighted by molar-refractivity contribution is -0.299. The Bertz CT molecular complexity index is 415. The number of rotatable bonds is 6. The highest BCUT2D eigenvalue weighted by Gasteiger charge is 2.43. The molecular weight excluding hydrogens is 296 g/mol. The molecule has 7 heteroatoms. The van der Waals surface area contributed by atoms with Gasteiger partial charge in [-0.1, -0.05) is 18.2 Å². The number of aliphatic hydroxyl groups is 4. The van der Waals surface area contributed by atoms with Gasteiger partial charge in [0, 0.05) is 10.6 Å². The van der Waals surface area contributed by atoms with E-state index < -0.39 is 37.3 Å². The van der Waals surface area contributed by atoms with E-state index in [0.29, 0.717) is 12.4 Å². The molecule has 6 nitrogen and oxygen atoms in total. The van der Waals surface area contributed by atoms with Gasteiger partial charge in [0.2, 0.25) is 0 Å². The third-order valence-corrected chi connectivity index (χ3v) is 4.20. The second-order valence-corrected chi connectivity index (χ2v) is 5.90. The third kappa shape index (κ3) is 4.40. The lowest BCUT2D eigenvalue weighted by Crippen LogP contribution is -2.59. The lowest BCUT2D eigenvalue weighted by Gasteiger charge is -2.39. The molecular formula is C14H20O6S. The fraction of sp³-hybridized carbons (Fsp3) is 0.571. The van der Waals surface area contributed by atoms with E-state index in [9.17, 15) is 15.3 Å². The van der Waals surface area contributed by atoms with Gasteiger partial charge in [0.25, 0.3) is 0 Å². The summed E-state index contributed by atoms with van der Waals surface area (Å²) in [6.45, 7) is -0.147. The summed E-state index contributed by atoms with van der Waals surface area (Å²) in [5.41, 5.74) is 0. The molecule has 0 saturated carbocycles. The van der Waals surface area contributed by atoms with E-state index in [1.165, 1.54) is 0 Å². The maximum atomic E-state index is 9.79. The summed E-state index contributed by atoms with van der Waals surface area (Å²) in [5, 5.41) is 38.1. The van der Waals surface area contributed by atoms with Crippen LogP contribution in [0.5, 0.6) is 0 Å². The number of thioether (sulfide) groups is 1. The molecule has 5 atom stereocenters. The number of aliphatic hydroxyl groups excluding tert-OH is 4. The van der Waals surface area contributed by atoms with Crippen molar-refractivity contribution in [2.75, 3.05) is 19.0 Å². The Morgan fingerprint density at radius 1 is 1.05 bits per heavy atom. The van der Waals surface area contributed by atoms with Crippen molar-refractivity contribution in [3.63, 3.8) is 0 Å². The highest BCUT2D eigenvalue weighted by Crippen LogP contribution is 2.23. The molecule has 0 spiro atoms. The van der Waals surface area contributed by atoms with E-state index in [1.807, 2.05) is 30.3 Å². The summed E-state index contributed by atoms with van der Waals surface area (Å²) in [6.07, 6.45) is -6.09. The molecule has 1 fully saturated rings. The molecule has 1 aliphatic heterocycles. The van der Waals surface area contributed by atoms with E-state index in [2.05, 4.69) is 0 Å². The van der Waals surface area contributed by atoms with Crippen molar-refractivity contribution in [1.82, 2.24) is 0 Å². The van der Waals surface area contributed by atoms with Crippen molar-refractivity contribution in [3.8, 4) is 0 Å². The fourth-order valence-corrected chi connectivity index (χ4v) is 2.81. The van der Waals surface area contributed by atoms with Crippen molar-refractivity contribution in [1.29, 1.82) is 0 Å². The second kappa shape index (κ2) is 8.09. The van der Waals surface area contributed by atoms with Gasteiger partial charge in [-0.15, -0.1) is 11.8 Å². The number of hydrogen-bond acceptors (Lipinski definition) is 7. The van der Waals surface area contributed by atoms with E-state index in [-0.39, 0.29) is 0 Å². The Balaban J connectivity index is 1.77. The Morgan fingerprint density at radius 3 is 2.43 bits per heavy atom. The Labute approximate surface area is 127 Å². The molecule has 0 unspecified atom stereocenters. The molecule has 2 rings (SSSR count). The summed E-state index contributed by atoms with van der Waals surface area (Å²) in [4.78, 5) is 1.11. The average Bonchev–Trinajstić information content (AvgIpc) is 2.52. The zero-order valence-corrected chi connectivity index (χ0v) is 12.2. The number of hydrogen-bond donors (Lipinski definition) is 4. The molecule has 0 aliphatic carbocycles. The normalized spacial score (nSPS) is 33.0. The molecule has 4 N–H and O–H groups in total. The van der Waals surface area contributed by atoms with Gasteiger partial charge in [-0.05, 0) is 12.1 Å². The average molecular weight is 316 g/mol. The molecule has 118 valence electrons. The van der Waals surface area contributed by atoms with Crippen molar-refractivity contribution in [3.05, 3.63) is 30.3 Å². The minimum absolute atomic E-state index is 0.308. The van der Waals surface area contributed by atoms with Gasteiger partial charge in [-0.2, -0.15) is 0 Å². The van der Waals surface area contributed by atoms with Crippen molar-refractivity contribution >= 4 is 11.8 Å². The number of benzene rings is 1. The van der Waals surface area contributed by atoms with Gasteiger partial charge in [-0.3, -0.25) is 0 Å². The summed E-state index contributed by atoms with van der Waals surface area (Å²) in [7, 11) is 0. The van der Waals surface area contributed by atoms with Gasteiger partial charge < -0.3 is 29.9 Å². The summed E-state index contributed by atoms with van der Waals surface area (Å²) in [5.74, 6) is 0.652. The zero-order chi connectivity index (χ0) is 15.2. The molecule has 1 aromatic carbocycles. The van der Waals surface area contributed by atoms with Gasteiger partial charge in [0.1, 0.15) is 24.4 Å². The minimum atomic E-state index is -1.40. The molecule has 1 aromatic rings. The van der Waals surface area contributed by atoms with E-state index >= 15 is 0 Å². The van der Waals surface area contributed by atoms with Gasteiger partial charge in [0.15, 0.2) is 6.29 Å². The summed E-state index contributed by atoms with van der Waals surface area (Å²) in [6, 6.07) is 9.80. The minimum Gasteiger partial charge on any atom is -0.394 e. The molecule has 0 aromatic heterocycles. The smallest absolute Gasteiger partial charge is 0.186 e. The van der Waals surface area contributed by atoms with Gasteiger partial charge >= 0.3 is 0 Å². The highest BCUT2D eigenvalue weighted by atomic mass is 32.2. The predicted octanol–water partition coefficient (Wildman–Crippen LogP) is -0.405. The van der Waals surface area contributed by atoms with Gasteiger partial charge in [0.05, 0.1) is 13.2 Å². The van der Waals surface area contributed by atoms with Crippen LogP contribution in [0.15, 0.2) is 35.2 Å². The first-order chi connectivity index (χ1) is 10.1. The summed E-state index contributed by atoms with van der Waals surface area (Å²) < 4.78 is 10.6. The molecule has 0 radical (unpaired) electrons. The van der Waals surface area contributed by atoms with Crippen LogP contribution in [0, 0.1) is 0 Å². The van der Waals surface area contributed by atoms with Crippen LogP contribution in [0.25, 0.3) is 0 Å². The highest BCUT2D eigenvalue weighted by molar-refractivity contribution is 7.99. The van der Waals surface area contributed by atoms with Crippen LogP contribution >= 0.6 is 11.8 Å². The first-order valence-electron chi connectivity index (χ1n) is 6.73. The zero-order valence-electron chi connectivity index (χ0n) is 11.4. The third-order valence-electron chi connectivity index (χ3n) is 3.23. The van der Waals surface area contributed by atoms with Crippen molar-refractivity contribution < 1.29 is 29.9 Å². The first-order valence-corrected chi connectivity index (χ1v) is 7.72. The van der Waals surface area contributed by atoms with E-state index in [1.54, 1.807) is 11.8 Å². The van der Waals surface area contributed by atoms with Crippen LogP contribution < -0.4 is 0 Å². The lowest BCUT2D eigenvalue weighted by atomic mass is 9.99. The SMILES string of the molecule is OC[C@H]1O[C@@H](OCCSc2ccccc2)[C@H](O)[C@@H](O)[C@H]1O. The Kier molecular flexibility index (Phi) is 6.43. The standard InChI is InChI=1S/C14H20O6S/c15-8-10-11(16)12(17)13(18)14(20-10)19-6-7-21-9-4-2-1-3-5-9/h1-5,10-18H,6-8H2/t10-,11+,12+,13-,14-/m1/s1. The van der Waals surface area contributed by atoms with Crippen LogP contribution in [0.2, 0.25) is 0 Å². The maximum Gasteiger partial charge on any atom is 0.186 e. The van der Waals surface area contributed by atoms with Crippen LogP contribution in [-0.2, 0) is 9.47 Å². The van der Waals surface area contributed by atoms with Crippen LogP contribution in [0.4, 0.5) is 0 Å². The Hall–Kier alpha value is -0.670. The molecule has 0 bridgehead atoms. The molecule has 1 heterocycles. The van der Waals surface area contributed by atoms with Gasteiger partial charge in [-0.25, -0.2) is 0 Å². The van der Waals surface area contributed by atoms with E-state index in [0.717, 1.165) is 4.90 Å². The van der Waals surface area contributed by atoms with Crippen molar-refractivity contribution in [2.24, 2.45) is 0 Å². The predicted molar refractivity (Wildman–Crippen MR) is 76.9 cm³/mol. The molecule has 1 saturated heterocycles. The van der Waals surface area contributed by atoms with Crippen LogP contribution in [0.1, 0.15) is 0 Å².